The first-order chi connectivity index (χ1) is 9.99. The van der Waals surface area contributed by atoms with Gasteiger partial charge in [0, 0.05) is 23.7 Å². The van der Waals surface area contributed by atoms with Crippen LogP contribution in [0.4, 0.5) is 4.79 Å². The first kappa shape index (κ1) is 15.1. The van der Waals surface area contributed by atoms with Gasteiger partial charge in [0.25, 0.3) is 5.56 Å². The number of benzene rings is 1. The number of aryl methyl sites for hydroxylation is 1. The van der Waals surface area contributed by atoms with Crippen LogP contribution in [-0.4, -0.2) is 17.1 Å². The Kier molecular flexibility index (Phi) is 4.62. The summed E-state index contributed by atoms with van der Waals surface area (Å²) in [5.41, 5.74) is 2.31. The van der Waals surface area contributed by atoms with Gasteiger partial charge in [0.1, 0.15) is 0 Å². The molecule has 112 valence electrons. The van der Waals surface area contributed by atoms with Gasteiger partial charge in [-0.25, -0.2) is 4.79 Å². The number of urea groups is 1. The van der Waals surface area contributed by atoms with Gasteiger partial charge in [-0.05, 0) is 43.9 Å². The highest BCUT2D eigenvalue weighted by molar-refractivity contribution is 5.80. The highest BCUT2D eigenvalue weighted by Gasteiger charge is 2.07. The monoisotopic (exact) mass is 287 g/mol. The van der Waals surface area contributed by atoms with E-state index in [-0.39, 0.29) is 24.2 Å². The molecule has 0 bridgehead atoms. The molecule has 5 nitrogen and oxygen atoms in total. The van der Waals surface area contributed by atoms with Crippen LogP contribution in [-0.2, 0) is 6.54 Å². The Hall–Kier alpha value is -2.30. The third kappa shape index (κ3) is 3.84. The van der Waals surface area contributed by atoms with Crippen molar-refractivity contribution in [1.29, 1.82) is 0 Å². The van der Waals surface area contributed by atoms with Crippen molar-refractivity contribution in [2.45, 2.75) is 39.8 Å². The predicted octanol–water partition coefficient (Wildman–Crippen LogP) is 2.43. The number of carbonyl (C=O) groups is 1. The summed E-state index contributed by atoms with van der Waals surface area (Å²) in [6.45, 7) is 6.15. The van der Waals surface area contributed by atoms with Crippen LogP contribution >= 0.6 is 0 Å². The Morgan fingerprint density at radius 1 is 1.33 bits per heavy atom. The lowest BCUT2D eigenvalue weighted by molar-refractivity contribution is 0.237. The number of fused-ring (bicyclic) bond motifs is 1. The normalized spacial score (nSPS) is 12.1. The molecule has 0 spiro atoms. The number of aromatic nitrogens is 1. The van der Waals surface area contributed by atoms with Crippen LogP contribution in [0.3, 0.4) is 0 Å². The molecule has 1 unspecified atom stereocenters. The van der Waals surface area contributed by atoms with Crippen molar-refractivity contribution in [3.63, 3.8) is 0 Å². The molecule has 1 heterocycles. The number of hydrogen-bond donors (Lipinski definition) is 3. The fraction of sp³-hybridized carbons (Fsp3) is 0.375. The van der Waals surface area contributed by atoms with Crippen LogP contribution in [0.25, 0.3) is 10.9 Å². The molecule has 1 atom stereocenters. The number of H-pyrrole nitrogens is 1. The second-order valence-electron chi connectivity index (χ2n) is 5.35. The highest BCUT2D eigenvalue weighted by Crippen LogP contribution is 2.13. The summed E-state index contributed by atoms with van der Waals surface area (Å²) >= 11 is 0. The molecule has 0 saturated heterocycles. The van der Waals surface area contributed by atoms with Gasteiger partial charge in [-0.15, -0.1) is 0 Å². The van der Waals surface area contributed by atoms with E-state index in [2.05, 4.69) is 15.6 Å². The quantitative estimate of drug-likeness (QED) is 0.808. The predicted molar refractivity (Wildman–Crippen MR) is 84.4 cm³/mol. The Morgan fingerprint density at radius 3 is 2.81 bits per heavy atom. The van der Waals surface area contributed by atoms with Gasteiger partial charge in [-0.1, -0.05) is 18.6 Å². The first-order valence-corrected chi connectivity index (χ1v) is 7.16. The minimum Gasteiger partial charge on any atom is -0.336 e. The summed E-state index contributed by atoms with van der Waals surface area (Å²) in [5, 5.41) is 6.48. The van der Waals surface area contributed by atoms with E-state index in [1.807, 2.05) is 45.0 Å². The van der Waals surface area contributed by atoms with Crippen molar-refractivity contribution in [3.05, 3.63) is 45.7 Å². The van der Waals surface area contributed by atoms with Gasteiger partial charge in [0.05, 0.1) is 0 Å². The number of amides is 2. The number of carbonyl (C=O) groups excluding carboxylic acids is 1. The average molecular weight is 287 g/mol. The van der Waals surface area contributed by atoms with E-state index < -0.39 is 0 Å². The zero-order valence-electron chi connectivity index (χ0n) is 12.6. The summed E-state index contributed by atoms with van der Waals surface area (Å²) < 4.78 is 0. The van der Waals surface area contributed by atoms with E-state index in [1.165, 1.54) is 0 Å². The van der Waals surface area contributed by atoms with Crippen molar-refractivity contribution in [1.82, 2.24) is 15.6 Å². The lowest BCUT2D eigenvalue weighted by Crippen LogP contribution is -2.40. The Balaban J connectivity index is 2.13. The van der Waals surface area contributed by atoms with E-state index in [9.17, 15) is 9.59 Å². The minimum absolute atomic E-state index is 0.113. The average Bonchev–Trinajstić information content (AvgIpc) is 2.45. The van der Waals surface area contributed by atoms with Gasteiger partial charge < -0.3 is 15.6 Å². The van der Waals surface area contributed by atoms with Gasteiger partial charge >= 0.3 is 6.03 Å². The molecule has 0 aliphatic heterocycles. The number of rotatable bonds is 4. The number of hydrogen-bond acceptors (Lipinski definition) is 2. The maximum Gasteiger partial charge on any atom is 0.315 e. The lowest BCUT2D eigenvalue weighted by Gasteiger charge is -2.12. The van der Waals surface area contributed by atoms with E-state index in [4.69, 9.17) is 0 Å². The fourth-order valence-electron chi connectivity index (χ4n) is 2.05. The lowest BCUT2D eigenvalue weighted by atomic mass is 10.1. The van der Waals surface area contributed by atoms with Crippen molar-refractivity contribution in [2.24, 2.45) is 0 Å². The molecule has 2 aromatic rings. The summed E-state index contributed by atoms with van der Waals surface area (Å²) in [6, 6.07) is 7.53. The SMILES string of the molecule is CCC(C)NC(=O)NCc1cc2cc(C)ccc2[nH]c1=O. The number of nitrogens with one attached hydrogen (secondary N) is 3. The summed E-state index contributed by atoms with van der Waals surface area (Å²) in [6.07, 6.45) is 0.864. The van der Waals surface area contributed by atoms with Gasteiger partial charge in [0.15, 0.2) is 0 Å². The van der Waals surface area contributed by atoms with Gasteiger partial charge in [-0.2, -0.15) is 0 Å². The maximum atomic E-state index is 12.0. The molecule has 2 amide bonds. The third-order valence-electron chi connectivity index (χ3n) is 3.51. The van der Waals surface area contributed by atoms with Gasteiger partial charge in [-0.3, -0.25) is 4.79 Å². The van der Waals surface area contributed by atoms with Crippen molar-refractivity contribution < 1.29 is 4.79 Å². The molecule has 0 aliphatic rings. The maximum absolute atomic E-state index is 12.0. The Bertz CT molecular complexity index is 706. The molecule has 5 heteroatoms. The zero-order chi connectivity index (χ0) is 15.4. The Morgan fingerprint density at radius 2 is 2.10 bits per heavy atom. The zero-order valence-corrected chi connectivity index (χ0v) is 12.6. The van der Waals surface area contributed by atoms with Crippen molar-refractivity contribution >= 4 is 16.9 Å². The minimum atomic E-state index is -0.256. The Labute approximate surface area is 123 Å². The summed E-state index contributed by atoms with van der Waals surface area (Å²) in [7, 11) is 0. The van der Waals surface area contributed by atoms with Crippen molar-refractivity contribution in [3.8, 4) is 0 Å². The van der Waals surface area contributed by atoms with Crippen LogP contribution in [0, 0.1) is 6.92 Å². The van der Waals surface area contributed by atoms with Crippen LogP contribution in [0.5, 0.6) is 0 Å². The van der Waals surface area contributed by atoms with E-state index in [1.54, 1.807) is 0 Å². The van der Waals surface area contributed by atoms with Crippen LogP contribution < -0.4 is 16.2 Å². The van der Waals surface area contributed by atoms with Gasteiger partial charge in [0.2, 0.25) is 0 Å². The number of pyridine rings is 1. The van der Waals surface area contributed by atoms with Crippen LogP contribution in [0.2, 0.25) is 0 Å². The molecule has 21 heavy (non-hydrogen) atoms. The molecule has 1 aromatic heterocycles. The molecular weight excluding hydrogens is 266 g/mol. The fourth-order valence-corrected chi connectivity index (χ4v) is 2.05. The largest absolute Gasteiger partial charge is 0.336 e. The molecule has 0 saturated carbocycles. The molecule has 1 aromatic carbocycles. The summed E-state index contributed by atoms with van der Waals surface area (Å²) in [5.74, 6) is 0. The number of aromatic amines is 1. The molecular formula is C16H21N3O2. The molecule has 0 aliphatic carbocycles. The standard InChI is InChI=1S/C16H21N3O2/c1-4-11(3)18-16(21)17-9-13-8-12-7-10(2)5-6-14(12)19-15(13)20/h5-8,11H,4,9H2,1-3H3,(H,19,20)(H2,17,18,21). The van der Waals surface area contributed by atoms with Crippen molar-refractivity contribution in [2.75, 3.05) is 0 Å². The summed E-state index contributed by atoms with van der Waals surface area (Å²) in [4.78, 5) is 26.5. The second-order valence-corrected chi connectivity index (χ2v) is 5.35. The van der Waals surface area contributed by atoms with Crippen LogP contribution in [0.1, 0.15) is 31.4 Å². The molecule has 0 radical (unpaired) electrons. The molecule has 0 fully saturated rings. The second kappa shape index (κ2) is 6.43. The highest BCUT2D eigenvalue weighted by atomic mass is 16.2. The van der Waals surface area contributed by atoms with E-state index in [0.29, 0.717) is 5.56 Å². The smallest absolute Gasteiger partial charge is 0.315 e. The van der Waals surface area contributed by atoms with E-state index >= 15 is 0 Å². The third-order valence-corrected chi connectivity index (χ3v) is 3.51. The van der Waals surface area contributed by atoms with E-state index in [0.717, 1.165) is 22.9 Å². The molecule has 2 rings (SSSR count). The van der Waals surface area contributed by atoms with Crippen LogP contribution in [0.15, 0.2) is 29.1 Å². The molecule has 3 N–H and O–H groups in total. The first-order valence-electron chi connectivity index (χ1n) is 7.16. The topological polar surface area (TPSA) is 74.0 Å².